The van der Waals surface area contributed by atoms with Crippen molar-refractivity contribution in [1.29, 1.82) is 0 Å². The topological polar surface area (TPSA) is 62.2 Å². The predicted molar refractivity (Wildman–Crippen MR) is 49.5 cm³/mol. The van der Waals surface area contributed by atoms with E-state index < -0.39 is 11.9 Å². The van der Waals surface area contributed by atoms with Crippen molar-refractivity contribution in [2.24, 2.45) is 5.16 Å². The lowest BCUT2D eigenvalue weighted by molar-refractivity contribution is -0.121. The standard InChI is InChI=1S/C8H11N3O3/c1-5-6(9-14-4)7(12)11(3)8(13)10(5)2/h1H2,2-4H3/b9-6-. The molecule has 0 aromatic carbocycles. The fourth-order valence-corrected chi connectivity index (χ4v) is 1.05. The van der Waals surface area contributed by atoms with Crippen molar-refractivity contribution in [3.8, 4) is 0 Å². The normalized spacial score (nSPS) is 20.8. The van der Waals surface area contributed by atoms with Crippen molar-refractivity contribution >= 4 is 17.6 Å². The summed E-state index contributed by atoms with van der Waals surface area (Å²) in [5, 5.41) is 3.51. The summed E-state index contributed by atoms with van der Waals surface area (Å²) in [5.74, 6) is -0.514. The van der Waals surface area contributed by atoms with Gasteiger partial charge in [0.2, 0.25) is 0 Å². The van der Waals surface area contributed by atoms with Crippen LogP contribution in [0.4, 0.5) is 4.79 Å². The van der Waals surface area contributed by atoms with Crippen LogP contribution in [0.1, 0.15) is 0 Å². The number of amides is 3. The zero-order valence-corrected chi connectivity index (χ0v) is 8.27. The smallest absolute Gasteiger partial charge is 0.331 e. The molecule has 0 N–H and O–H groups in total. The van der Waals surface area contributed by atoms with Crippen molar-refractivity contribution in [2.75, 3.05) is 21.2 Å². The lowest BCUT2D eigenvalue weighted by atomic mass is 10.2. The van der Waals surface area contributed by atoms with Gasteiger partial charge < -0.3 is 4.84 Å². The molecule has 0 radical (unpaired) electrons. The molecular weight excluding hydrogens is 186 g/mol. The summed E-state index contributed by atoms with van der Waals surface area (Å²) in [6, 6.07) is -0.435. The van der Waals surface area contributed by atoms with Crippen molar-refractivity contribution < 1.29 is 14.4 Å². The average Bonchev–Trinajstić information content (AvgIpc) is 2.19. The maximum Gasteiger partial charge on any atom is 0.331 e. The highest BCUT2D eigenvalue weighted by molar-refractivity contribution is 6.48. The Bertz CT molecular complexity index is 309. The van der Waals surface area contributed by atoms with E-state index in [1.54, 1.807) is 0 Å². The zero-order valence-electron chi connectivity index (χ0n) is 8.27. The second-order valence-corrected chi connectivity index (χ2v) is 2.77. The zero-order chi connectivity index (χ0) is 10.9. The van der Waals surface area contributed by atoms with Gasteiger partial charge in [0.05, 0.1) is 5.70 Å². The first-order valence-electron chi connectivity index (χ1n) is 3.87. The Kier molecular flexibility index (Phi) is 2.55. The lowest BCUT2D eigenvalue weighted by Crippen LogP contribution is -2.52. The third-order valence-corrected chi connectivity index (χ3v) is 1.94. The van der Waals surface area contributed by atoms with Crippen molar-refractivity contribution in [1.82, 2.24) is 9.80 Å². The van der Waals surface area contributed by atoms with Crippen LogP contribution in [-0.4, -0.2) is 48.7 Å². The van der Waals surface area contributed by atoms with Gasteiger partial charge in [-0.15, -0.1) is 0 Å². The van der Waals surface area contributed by atoms with Crippen molar-refractivity contribution in [2.45, 2.75) is 0 Å². The molecule has 0 saturated carbocycles. The molecule has 1 heterocycles. The van der Waals surface area contributed by atoms with Crippen LogP contribution >= 0.6 is 0 Å². The summed E-state index contributed by atoms with van der Waals surface area (Å²) in [6.07, 6.45) is 0. The minimum atomic E-state index is -0.514. The van der Waals surface area contributed by atoms with Crippen LogP contribution in [0.2, 0.25) is 0 Å². The second-order valence-electron chi connectivity index (χ2n) is 2.77. The molecular formula is C8H11N3O3. The van der Waals surface area contributed by atoms with Crippen molar-refractivity contribution in [3.63, 3.8) is 0 Å². The van der Waals surface area contributed by atoms with Crippen molar-refractivity contribution in [3.05, 3.63) is 12.3 Å². The second kappa shape index (κ2) is 3.49. The van der Waals surface area contributed by atoms with Gasteiger partial charge in [-0.05, 0) is 0 Å². The monoisotopic (exact) mass is 197 g/mol. The van der Waals surface area contributed by atoms with Gasteiger partial charge in [0.1, 0.15) is 7.11 Å². The summed E-state index contributed by atoms with van der Waals surface area (Å²) in [4.78, 5) is 29.5. The molecule has 1 rings (SSSR count). The molecule has 1 saturated heterocycles. The van der Waals surface area contributed by atoms with Gasteiger partial charge >= 0.3 is 6.03 Å². The quantitative estimate of drug-likeness (QED) is 0.557. The molecule has 14 heavy (non-hydrogen) atoms. The third kappa shape index (κ3) is 1.34. The van der Waals surface area contributed by atoms with E-state index in [-0.39, 0.29) is 11.4 Å². The molecule has 0 aliphatic carbocycles. The highest BCUT2D eigenvalue weighted by atomic mass is 16.6. The molecule has 0 atom stereocenters. The lowest BCUT2D eigenvalue weighted by Gasteiger charge is -2.30. The maximum atomic E-state index is 11.5. The van der Waals surface area contributed by atoms with E-state index in [1.165, 1.54) is 26.1 Å². The van der Waals surface area contributed by atoms with E-state index in [4.69, 9.17) is 0 Å². The summed E-state index contributed by atoms with van der Waals surface area (Å²) < 4.78 is 0. The number of rotatable bonds is 1. The molecule has 0 unspecified atom stereocenters. The van der Waals surface area contributed by atoms with E-state index in [0.29, 0.717) is 0 Å². The van der Waals surface area contributed by atoms with Crippen LogP contribution in [0.25, 0.3) is 0 Å². The molecule has 1 fully saturated rings. The van der Waals surface area contributed by atoms with E-state index in [1.807, 2.05) is 0 Å². The number of carbonyl (C=O) groups excluding carboxylic acids is 2. The Morgan fingerprint density at radius 2 is 1.86 bits per heavy atom. The number of carbonyl (C=O) groups is 2. The SMILES string of the molecule is C=C1/C(=N/OC)C(=O)N(C)C(=O)N1C. The van der Waals surface area contributed by atoms with Crippen LogP contribution in [0.5, 0.6) is 0 Å². The van der Waals surface area contributed by atoms with Crippen LogP contribution in [0, 0.1) is 0 Å². The Morgan fingerprint density at radius 3 is 2.36 bits per heavy atom. The maximum absolute atomic E-state index is 11.5. The first-order chi connectivity index (χ1) is 6.50. The Morgan fingerprint density at radius 1 is 1.29 bits per heavy atom. The van der Waals surface area contributed by atoms with Gasteiger partial charge in [0.25, 0.3) is 5.91 Å². The summed E-state index contributed by atoms with van der Waals surface area (Å²) in [6.45, 7) is 3.58. The Labute approximate surface area is 81.4 Å². The largest absolute Gasteiger partial charge is 0.398 e. The third-order valence-electron chi connectivity index (χ3n) is 1.94. The van der Waals surface area contributed by atoms with E-state index in [2.05, 4.69) is 16.6 Å². The van der Waals surface area contributed by atoms with Gasteiger partial charge in [-0.3, -0.25) is 14.6 Å². The molecule has 76 valence electrons. The van der Waals surface area contributed by atoms with Gasteiger partial charge in [-0.2, -0.15) is 0 Å². The Hall–Kier alpha value is -1.85. The fourth-order valence-electron chi connectivity index (χ4n) is 1.05. The summed E-state index contributed by atoms with van der Waals surface area (Å²) in [7, 11) is 4.21. The molecule has 6 nitrogen and oxygen atoms in total. The number of urea groups is 1. The Balaban J connectivity index is 3.11. The predicted octanol–water partition coefficient (Wildman–Crippen LogP) is 0.0263. The van der Waals surface area contributed by atoms with Crippen LogP contribution in [0.3, 0.4) is 0 Å². The number of hydrogen-bond donors (Lipinski definition) is 0. The molecule has 1 aliphatic rings. The number of oxime groups is 1. The van der Waals surface area contributed by atoms with Gasteiger partial charge in [0, 0.05) is 14.1 Å². The minimum Gasteiger partial charge on any atom is -0.398 e. The highest BCUT2D eigenvalue weighted by Crippen LogP contribution is 2.14. The average molecular weight is 197 g/mol. The van der Waals surface area contributed by atoms with Gasteiger partial charge in [-0.1, -0.05) is 11.7 Å². The first kappa shape index (κ1) is 10.2. The summed E-state index contributed by atoms with van der Waals surface area (Å²) in [5.41, 5.74) is 0.275. The van der Waals surface area contributed by atoms with E-state index >= 15 is 0 Å². The molecule has 0 aromatic rings. The minimum absolute atomic E-state index is 0.0390. The fraction of sp³-hybridized carbons (Fsp3) is 0.375. The van der Waals surface area contributed by atoms with E-state index in [9.17, 15) is 9.59 Å². The van der Waals surface area contributed by atoms with Gasteiger partial charge in [0.15, 0.2) is 5.71 Å². The number of imide groups is 1. The molecule has 1 aliphatic heterocycles. The molecule has 6 heteroatoms. The first-order valence-corrected chi connectivity index (χ1v) is 3.87. The van der Waals surface area contributed by atoms with Crippen LogP contribution in [0.15, 0.2) is 17.4 Å². The molecule has 0 spiro atoms. The molecule has 0 bridgehead atoms. The molecule has 0 aromatic heterocycles. The number of nitrogens with zero attached hydrogens (tertiary/aromatic N) is 3. The highest BCUT2D eigenvalue weighted by Gasteiger charge is 2.35. The van der Waals surface area contributed by atoms with Crippen LogP contribution in [-0.2, 0) is 9.63 Å². The molecule has 3 amide bonds. The number of hydrogen-bond acceptors (Lipinski definition) is 4. The van der Waals surface area contributed by atoms with Crippen LogP contribution < -0.4 is 0 Å². The summed E-state index contributed by atoms with van der Waals surface area (Å²) >= 11 is 0. The van der Waals surface area contributed by atoms with E-state index in [0.717, 1.165) is 4.90 Å². The van der Waals surface area contributed by atoms with Gasteiger partial charge in [-0.25, -0.2) is 4.79 Å².